The van der Waals surface area contributed by atoms with Crippen LogP contribution in [0, 0.1) is 0 Å². The molecule has 0 aliphatic heterocycles. The molecule has 0 aliphatic carbocycles. The van der Waals surface area contributed by atoms with Gasteiger partial charge in [0, 0.05) is 11.1 Å². The summed E-state index contributed by atoms with van der Waals surface area (Å²) < 4.78 is 11.2. The average molecular weight is 300 g/mol. The Kier molecular flexibility index (Phi) is 8.47. The molecule has 0 aliphatic rings. The summed E-state index contributed by atoms with van der Waals surface area (Å²) in [6.45, 7) is 6.24. The highest BCUT2D eigenvalue weighted by Gasteiger charge is 2.10. The van der Waals surface area contributed by atoms with Crippen molar-refractivity contribution in [2.45, 2.75) is 39.5 Å². The van der Waals surface area contributed by atoms with Gasteiger partial charge >= 0.3 is 0 Å². The van der Waals surface area contributed by atoms with Gasteiger partial charge in [-0.1, -0.05) is 18.0 Å². The van der Waals surface area contributed by atoms with Crippen LogP contribution in [0.15, 0.2) is 12.1 Å². The van der Waals surface area contributed by atoms with E-state index in [0.717, 1.165) is 41.5 Å². The van der Waals surface area contributed by atoms with Crippen LogP contribution in [0.2, 0.25) is 5.02 Å². The molecule has 0 radical (unpaired) electrons. The molecule has 0 aromatic heterocycles. The molecule has 0 spiro atoms. The zero-order valence-electron chi connectivity index (χ0n) is 12.8. The summed E-state index contributed by atoms with van der Waals surface area (Å²) in [6, 6.07) is 3.90. The Bertz CT molecular complexity index is 396. The maximum Gasteiger partial charge on any atom is 0.162 e. The summed E-state index contributed by atoms with van der Waals surface area (Å²) in [5, 5.41) is 3.93. The predicted octanol–water partition coefficient (Wildman–Crippen LogP) is 4.07. The smallest absolute Gasteiger partial charge is 0.162 e. The van der Waals surface area contributed by atoms with E-state index < -0.39 is 0 Å². The van der Waals surface area contributed by atoms with Crippen LogP contribution in [0.1, 0.15) is 38.7 Å². The number of halogens is 1. The normalized spacial score (nSPS) is 10.6. The Morgan fingerprint density at radius 3 is 2.25 bits per heavy atom. The van der Waals surface area contributed by atoms with Crippen LogP contribution in [0.25, 0.3) is 0 Å². The molecule has 0 amide bonds. The average Bonchev–Trinajstić information content (AvgIpc) is 2.43. The van der Waals surface area contributed by atoms with Gasteiger partial charge in [0.1, 0.15) is 0 Å². The van der Waals surface area contributed by atoms with E-state index in [1.54, 1.807) is 0 Å². The maximum absolute atomic E-state index is 6.33. The lowest BCUT2D eigenvalue weighted by atomic mass is 10.1. The number of unbranched alkanes of at least 4 members (excludes halogenated alkanes) is 2. The quantitative estimate of drug-likeness (QED) is 0.661. The zero-order valence-corrected chi connectivity index (χ0v) is 13.6. The first-order chi connectivity index (χ1) is 9.72. The molecule has 4 heteroatoms. The number of hydrogen-bond donors (Lipinski definition) is 1. The largest absolute Gasteiger partial charge is 0.490 e. The molecule has 1 aromatic carbocycles. The Hall–Kier alpha value is -0.930. The van der Waals surface area contributed by atoms with Crippen molar-refractivity contribution in [3.05, 3.63) is 22.7 Å². The Morgan fingerprint density at radius 2 is 1.65 bits per heavy atom. The number of aryl methyl sites for hydroxylation is 1. The minimum absolute atomic E-state index is 0.611. The van der Waals surface area contributed by atoms with E-state index in [2.05, 4.69) is 5.32 Å². The summed E-state index contributed by atoms with van der Waals surface area (Å²) in [6.07, 6.45) is 4.52. The van der Waals surface area contributed by atoms with Crippen LogP contribution in [0.5, 0.6) is 11.5 Å². The Balaban J connectivity index is 2.67. The van der Waals surface area contributed by atoms with Gasteiger partial charge in [0.25, 0.3) is 0 Å². The molecule has 1 aromatic rings. The van der Waals surface area contributed by atoms with Crippen LogP contribution in [-0.2, 0) is 6.42 Å². The lowest BCUT2D eigenvalue weighted by Crippen LogP contribution is -2.07. The fourth-order valence-corrected chi connectivity index (χ4v) is 2.35. The first-order valence-electron chi connectivity index (χ1n) is 7.45. The topological polar surface area (TPSA) is 30.5 Å². The van der Waals surface area contributed by atoms with E-state index in [-0.39, 0.29) is 0 Å². The number of rotatable bonds is 10. The van der Waals surface area contributed by atoms with Gasteiger partial charge < -0.3 is 14.8 Å². The van der Waals surface area contributed by atoms with Crippen molar-refractivity contribution in [2.75, 3.05) is 26.8 Å². The van der Waals surface area contributed by atoms with Gasteiger partial charge in [-0.25, -0.2) is 0 Å². The minimum Gasteiger partial charge on any atom is -0.490 e. The SMILES string of the molecule is CCOc1cc(Cl)c(CCCCCNC)cc1OCC. The third-order valence-electron chi connectivity index (χ3n) is 3.09. The molecule has 3 nitrogen and oxygen atoms in total. The van der Waals surface area contributed by atoms with Crippen LogP contribution >= 0.6 is 11.6 Å². The van der Waals surface area contributed by atoms with E-state index in [9.17, 15) is 0 Å². The van der Waals surface area contributed by atoms with Crippen molar-refractivity contribution in [1.29, 1.82) is 0 Å². The molecule has 1 N–H and O–H groups in total. The Morgan fingerprint density at radius 1 is 1.00 bits per heavy atom. The summed E-state index contributed by atoms with van der Waals surface area (Å²) in [5.41, 5.74) is 1.14. The van der Waals surface area contributed by atoms with Crippen molar-refractivity contribution < 1.29 is 9.47 Å². The van der Waals surface area contributed by atoms with Crippen molar-refractivity contribution >= 4 is 11.6 Å². The first kappa shape index (κ1) is 17.1. The van der Waals surface area contributed by atoms with Gasteiger partial charge in [0.05, 0.1) is 13.2 Å². The number of benzene rings is 1. The summed E-state index contributed by atoms with van der Waals surface area (Å²) in [7, 11) is 1.98. The van der Waals surface area contributed by atoms with Gasteiger partial charge in [-0.05, 0) is 58.3 Å². The molecule has 20 heavy (non-hydrogen) atoms. The third-order valence-corrected chi connectivity index (χ3v) is 3.44. The molecule has 1 rings (SSSR count). The lowest BCUT2D eigenvalue weighted by molar-refractivity contribution is 0.287. The van der Waals surface area contributed by atoms with E-state index in [0.29, 0.717) is 13.2 Å². The molecule has 0 atom stereocenters. The fraction of sp³-hybridized carbons (Fsp3) is 0.625. The number of hydrogen-bond acceptors (Lipinski definition) is 3. The number of nitrogens with one attached hydrogen (secondary N) is 1. The predicted molar refractivity (Wildman–Crippen MR) is 85.3 cm³/mol. The van der Waals surface area contributed by atoms with Crippen LogP contribution in [0.4, 0.5) is 0 Å². The van der Waals surface area contributed by atoms with Gasteiger partial charge in [-0.3, -0.25) is 0 Å². The molecule has 0 unspecified atom stereocenters. The van der Waals surface area contributed by atoms with Gasteiger partial charge in [-0.2, -0.15) is 0 Å². The molecule has 0 fully saturated rings. The summed E-state index contributed by atoms with van der Waals surface area (Å²) in [4.78, 5) is 0. The van der Waals surface area contributed by atoms with E-state index in [1.807, 2.05) is 33.0 Å². The molecular weight excluding hydrogens is 274 g/mol. The molecular formula is C16H26ClNO2. The molecule has 0 saturated carbocycles. The zero-order chi connectivity index (χ0) is 14.8. The Labute approximate surface area is 127 Å². The lowest BCUT2D eigenvalue weighted by Gasteiger charge is -2.14. The van der Waals surface area contributed by atoms with Gasteiger partial charge in [0.15, 0.2) is 11.5 Å². The fourth-order valence-electron chi connectivity index (χ4n) is 2.10. The summed E-state index contributed by atoms with van der Waals surface area (Å²) >= 11 is 6.33. The van der Waals surface area contributed by atoms with Crippen LogP contribution in [-0.4, -0.2) is 26.8 Å². The molecule has 0 heterocycles. The van der Waals surface area contributed by atoms with Crippen molar-refractivity contribution in [3.63, 3.8) is 0 Å². The standard InChI is InChI=1S/C16H26ClNO2/c1-4-19-15-11-13(9-7-6-8-10-18-3)14(17)12-16(15)20-5-2/h11-12,18H,4-10H2,1-3H3. The highest BCUT2D eigenvalue weighted by molar-refractivity contribution is 6.31. The summed E-state index contributed by atoms with van der Waals surface area (Å²) in [5.74, 6) is 1.53. The van der Waals surface area contributed by atoms with Gasteiger partial charge in [0.2, 0.25) is 0 Å². The van der Waals surface area contributed by atoms with Crippen LogP contribution < -0.4 is 14.8 Å². The maximum atomic E-state index is 6.33. The van der Waals surface area contributed by atoms with E-state index in [4.69, 9.17) is 21.1 Å². The highest BCUT2D eigenvalue weighted by atomic mass is 35.5. The monoisotopic (exact) mass is 299 g/mol. The second kappa shape index (κ2) is 9.89. The first-order valence-corrected chi connectivity index (χ1v) is 7.83. The van der Waals surface area contributed by atoms with Crippen LogP contribution in [0.3, 0.4) is 0 Å². The van der Waals surface area contributed by atoms with Crippen molar-refractivity contribution in [2.24, 2.45) is 0 Å². The van der Waals surface area contributed by atoms with Crippen molar-refractivity contribution in [1.82, 2.24) is 5.32 Å². The minimum atomic E-state index is 0.611. The molecule has 114 valence electrons. The molecule has 0 saturated heterocycles. The second-order valence-electron chi connectivity index (χ2n) is 4.67. The van der Waals surface area contributed by atoms with Crippen molar-refractivity contribution in [3.8, 4) is 11.5 Å². The third kappa shape index (κ3) is 5.59. The van der Waals surface area contributed by atoms with E-state index in [1.165, 1.54) is 12.8 Å². The van der Waals surface area contributed by atoms with Gasteiger partial charge in [-0.15, -0.1) is 0 Å². The highest BCUT2D eigenvalue weighted by Crippen LogP contribution is 2.34. The second-order valence-corrected chi connectivity index (χ2v) is 5.08. The van der Waals surface area contributed by atoms with E-state index >= 15 is 0 Å². The number of ether oxygens (including phenoxy) is 2. The molecule has 0 bridgehead atoms.